The number of anilines is 1. The fraction of sp³-hybridized carbons (Fsp3) is 0.500. The van der Waals surface area contributed by atoms with Crippen molar-refractivity contribution < 1.29 is 1.43 Å². The van der Waals surface area contributed by atoms with Crippen LogP contribution in [0.1, 0.15) is 20.7 Å². The zero-order chi connectivity index (χ0) is 12.7. The highest BCUT2D eigenvalue weighted by atomic mass is 15.3. The molecule has 102 valence electrons. The van der Waals surface area contributed by atoms with Gasteiger partial charge < -0.3 is 9.88 Å². The SMILES string of the molecule is [HH].c1ccc2c(N3CCN4CCCCC4C3)c[nH]c2c1. The molecular formula is C16H23N3. The predicted octanol–water partition coefficient (Wildman–Crippen LogP) is 3.09. The Labute approximate surface area is 115 Å². The van der Waals surface area contributed by atoms with Gasteiger partial charge in [-0.25, -0.2) is 0 Å². The van der Waals surface area contributed by atoms with E-state index in [1.807, 2.05) is 0 Å². The maximum Gasteiger partial charge on any atom is 0.0624 e. The van der Waals surface area contributed by atoms with Crippen LogP contribution in [0.3, 0.4) is 0 Å². The highest BCUT2D eigenvalue weighted by Crippen LogP contribution is 2.30. The Bertz CT molecular complexity index is 580. The van der Waals surface area contributed by atoms with Gasteiger partial charge in [0.05, 0.1) is 5.69 Å². The van der Waals surface area contributed by atoms with E-state index in [0.29, 0.717) is 0 Å². The molecule has 0 saturated carbocycles. The molecule has 0 amide bonds. The number of hydrogen-bond donors (Lipinski definition) is 1. The van der Waals surface area contributed by atoms with Gasteiger partial charge in [0.25, 0.3) is 0 Å². The topological polar surface area (TPSA) is 22.3 Å². The first-order valence-corrected chi connectivity index (χ1v) is 7.47. The lowest BCUT2D eigenvalue weighted by molar-refractivity contribution is 0.133. The monoisotopic (exact) mass is 257 g/mol. The Kier molecular flexibility index (Phi) is 2.73. The van der Waals surface area contributed by atoms with Crippen LogP contribution in [0.4, 0.5) is 5.69 Å². The van der Waals surface area contributed by atoms with Crippen molar-refractivity contribution in [1.82, 2.24) is 9.88 Å². The molecular weight excluding hydrogens is 234 g/mol. The molecule has 1 aromatic carbocycles. The van der Waals surface area contributed by atoms with Gasteiger partial charge in [-0.2, -0.15) is 0 Å². The summed E-state index contributed by atoms with van der Waals surface area (Å²) < 4.78 is 0. The summed E-state index contributed by atoms with van der Waals surface area (Å²) in [5, 5.41) is 1.37. The van der Waals surface area contributed by atoms with Crippen molar-refractivity contribution in [2.75, 3.05) is 31.1 Å². The number of H-pyrrole nitrogens is 1. The predicted molar refractivity (Wildman–Crippen MR) is 81.8 cm³/mol. The third-order valence-electron chi connectivity index (χ3n) is 4.75. The Balaban J connectivity index is 0.00000121. The molecule has 0 spiro atoms. The van der Waals surface area contributed by atoms with Crippen molar-refractivity contribution in [3.05, 3.63) is 30.5 Å². The first kappa shape index (κ1) is 11.4. The van der Waals surface area contributed by atoms with Gasteiger partial charge in [-0.05, 0) is 25.5 Å². The average molecular weight is 257 g/mol. The normalized spacial score (nSPS) is 24.6. The summed E-state index contributed by atoms with van der Waals surface area (Å²) in [5.74, 6) is 0. The largest absolute Gasteiger partial charge is 0.367 e. The molecule has 2 fully saturated rings. The van der Waals surface area contributed by atoms with Crippen LogP contribution < -0.4 is 4.90 Å². The summed E-state index contributed by atoms with van der Waals surface area (Å²) in [4.78, 5) is 8.67. The van der Waals surface area contributed by atoms with Gasteiger partial charge in [0.15, 0.2) is 0 Å². The zero-order valence-electron chi connectivity index (χ0n) is 11.3. The van der Waals surface area contributed by atoms with Gasteiger partial charge in [-0.1, -0.05) is 24.6 Å². The number of para-hydroxylation sites is 1. The first-order chi connectivity index (χ1) is 9.42. The van der Waals surface area contributed by atoms with E-state index in [0.717, 1.165) is 6.04 Å². The van der Waals surface area contributed by atoms with E-state index in [1.54, 1.807) is 0 Å². The molecule has 3 heteroatoms. The standard InChI is InChI=1S/C16H21N3.H2/c1-2-7-15-14(6-1)16(11-17-15)19-10-9-18-8-4-3-5-13(18)12-19;/h1-2,6-7,11,13,17H,3-5,8-10,12H2;1H. The lowest BCUT2D eigenvalue weighted by atomic mass is 9.99. The van der Waals surface area contributed by atoms with Crippen LogP contribution in [0.5, 0.6) is 0 Å². The Hall–Kier alpha value is -1.48. The van der Waals surface area contributed by atoms with E-state index in [4.69, 9.17) is 0 Å². The quantitative estimate of drug-likeness (QED) is 0.848. The van der Waals surface area contributed by atoms with Gasteiger partial charge >= 0.3 is 0 Å². The summed E-state index contributed by atoms with van der Waals surface area (Å²) in [6.45, 7) is 4.90. The number of nitrogens with one attached hydrogen (secondary N) is 1. The molecule has 2 aromatic rings. The van der Waals surface area contributed by atoms with Gasteiger partial charge in [0.2, 0.25) is 0 Å². The van der Waals surface area contributed by atoms with E-state index in [1.165, 1.54) is 62.0 Å². The second-order valence-corrected chi connectivity index (χ2v) is 5.85. The number of piperidine rings is 1. The van der Waals surface area contributed by atoms with Crippen LogP contribution in [0.2, 0.25) is 0 Å². The third kappa shape index (κ3) is 1.93. The second kappa shape index (κ2) is 4.57. The molecule has 3 nitrogen and oxygen atoms in total. The number of piperazine rings is 1. The average Bonchev–Trinajstić information content (AvgIpc) is 2.91. The number of hydrogen-bond acceptors (Lipinski definition) is 2. The van der Waals surface area contributed by atoms with E-state index >= 15 is 0 Å². The van der Waals surface area contributed by atoms with Crippen molar-refractivity contribution in [2.45, 2.75) is 25.3 Å². The van der Waals surface area contributed by atoms with Gasteiger partial charge in [-0.15, -0.1) is 0 Å². The summed E-state index contributed by atoms with van der Waals surface area (Å²) in [7, 11) is 0. The van der Waals surface area contributed by atoms with Crippen LogP contribution in [0.15, 0.2) is 30.5 Å². The number of fused-ring (bicyclic) bond motifs is 2. The molecule has 0 aliphatic carbocycles. The number of aromatic nitrogens is 1. The lowest BCUT2D eigenvalue weighted by Crippen LogP contribution is -2.54. The summed E-state index contributed by atoms with van der Waals surface area (Å²) in [6, 6.07) is 9.40. The van der Waals surface area contributed by atoms with E-state index in [-0.39, 0.29) is 1.43 Å². The first-order valence-electron chi connectivity index (χ1n) is 7.47. The lowest BCUT2D eigenvalue weighted by Gasteiger charge is -2.44. The molecule has 3 heterocycles. The van der Waals surface area contributed by atoms with Crippen LogP contribution in [0.25, 0.3) is 10.9 Å². The van der Waals surface area contributed by atoms with Crippen LogP contribution >= 0.6 is 0 Å². The summed E-state index contributed by atoms with van der Waals surface area (Å²) in [6.07, 6.45) is 6.36. The molecule has 0 radical (unpaired) electrons. The maximum atomic E-state index is 3.40. The molecule has 1 atom stereocenters. The van der Waals surface area contributed by atoms with Crippen molar-refractivity contribution in [2.24, 2.45) is 0 Å². The van der Waals surface area contributed by atoms with Gasteiger partial charge in [0, 0.05) is 44.2 Å². The van der Waals surface area contributed by atoms with Crippen molar-refractivity contribution in [3.8, 4) is 0 Å². The Morgan fingerprint density at radius 1 is 1.11 bits per heavy atom. The number of rotatable bonds is 1. The van der Waals surface area contributed by atoms with Crippen molar-refractivity contribution in [1.29, 1.82) is 0 Å². The molecule has 2 saturated heterocycles. The minimum Gasteiger partial charge on any atom is -0.367 e. The molecule has 1 N–H and O–H groups in total. The molecule has 19 heavy (non-hydrogen) atoms. The fourth-order valence-electron chi connectivity index (χ4n) is 3.69. The smallest absolute Gasteiger partial charge is 0.0624 e. The molecule has 1 aromatic heterocycles. The highest BCUT2D eigenvalue weighted by Gasteiger charge is 2.29. The highest BCUT2D eigenvalue weighted by molar-refractivity contribution is 5.92. The number of aromatic amines is 1. The van der Waals surface area contributed by atoms with Gasteiger partial charge in [0.1, 0.15) is 0 Å². The van der Waals surface area contributed by atoms with Crippen molar-refractivity contribution >= 4 is 16.6 Å². The van der Waals surface area contributed by atoms with E-state index in [9.17, 15) is 0 Å². The number of benzene rings is 1. The van der Waals surface area contributed by atoms with Crippen LogP contribution in [-0.4, -0.2) is 42.1 Å². The summed E-state index contributed by atoms with van der Waals surface area (Å²) in [5.41, 5.74) is 2.64. The van der Waals surface area contributed by atoms with Crippen molar-refractivity contribution in [3.63, 3.8) is 0 Å². The van der Waals surface area contributed by atoms with Crippen LogP contribution in [-0.2, 0) is 0 Å². The minimum atomic E-state index is 0. The molecule has 1 unspecified atom stereocenters. The molecule has 2 aliphatic rings. The molecule has 2 aliphatic heterocycles. The third-order valence-corrected chi connectivity index (χ3v) is 4.75. The Morgan fingerprint density at radius 2 is 2.05 bits per heavy atom. The summed E-state index contributed by atoms with van der Waals surface area (Å²) >= 11 is 0. The number of nitrogens with zero attached hydrogens (tertiary/aromatic N) is 2. The zero-order valence-corrected chi connectivity index (χ0v) is 11.3. The van der Waals surface area contributed by atoms with E-state index in [2.05, 4.69) is 45.2 Å². The van der Waals surface area contributed by atoms with Gasteiger partial charge in [-0.3, -0.25) is 4.90 Å². The van der Waals surface area contributed by atoms with E-state index < -0.39 is 0 Å². The minimum absolute atomic E-state index is 0. The van der Waals surface area contributed by atoms with Crippen LogP contribution in [0, 0.1) is 0 Å². The fourth-order valence-corrected chi connectivity index (χ4v) is 3.69. The Morgan fingerprint density at radius 3 is 3.05 bits per heavy atom. The molecule has 0 bridgehead atoms. The second-order valence-electron chi connectivity index (χ2n) is 5.85. The molecule has 4 rings (SSSR count). The maximum absolute atomic E-state index is 3.40.